The maximum absolute atomic E-state index is 12.2. The molecule has 1 atom stereocenters. The number of hydrogen-bond acceptors (Lipinski definition) is 3. The first-order valence-electron chi connectivity index (χ1n) is 5.72. The van der Waals surface area contributed by atoms with Gasteiger partial charge in [-0.25, -0.2) is 0 Å². The molecule has 1 amide bonds. The molecule has 0 fully saturated rings. The van der Waals surface area contributed by atoms with E-state index in [2.05, 4.69) is 10.1 Å². The number of amides is 1. The molecule has 0 aromatic heterocycles. The number of anilines is 1. The summed E-state index contributed by atoms with van der Waals surface area (Å²) < 4.78 is 28.5. The van der Waals surface area contributed by atoms with Crippen molar-refractivity contribution in [1.29, 1.82) is 0 Å². The first kappa shape index (κ1) is 16.9. The molecule has 0 aliphatic heterocycles. The van der Waals surface area contributed by atoms with E-state index in [9.17, 15) is 13.6 Å². The van der Waals surface area contributed by atoms with Crippen LogP contribution in [0, 0.1) is 5.92 Å². The number of nitrogens with one attached hydrogen (secondary N) is 1. The Labute approximate surface area is 125 Å². The van der Waals surface area contributed by atoms with E-state index in [0.717, 1.165) is 0 Å². The second-order valence-corrected chi connectivity index (χ2v) is 5.22. The highest BCUT2D eigenvalue weighted by molar-refractivity contribution is 6.37. The molecular weight excluding hydrogens is 313 g/mol. The van der Waals surface area contributed by atoms with Gasteiger partial charge in [0.2, 0.25) is 5.91 Å². The van der Waals surface area contributed by atoms with E-state index in [-0.39, 0.29) is 27.4 Å². The zero-order chi connectivity index (χ0) is 15.4. The molecule has 20 heavy (non-hydrogen) atoms. The van der Waals surface area contributed by atoms with Crippen molar-refractivity contribution in [2.45, 2.75) is 26.5 Å². The third-order valence-electron chi connectivity index (χ3n) is 2.49. The number of alkyl halides is 2. The third kappa shape index (κ3) is 4.47. The lowest BCUT2D eigenvalue weighted by atomic mass is 10.0. The van der Waals surface area contributed by atoms with Gasteiger partial charge in [-0.2, -0.15) is 8.78 Å². The normalized spacial score (nSPS) is 12.7. The number of carbonyl (C=O) groups excluding carboxylic acids is 1. The molecular formula is C12H14Cl2F2N2O2. The zero-order valence-electron chi connectivity index (χ0n) is 10.8. The minimum atomic E-state index is -3.04. The van der Waals surface area contributed by atoms with Crippen molar-refractivity contribution in [1.82, 2.24) is 0 Å². The molecule has 0 heterocycles. The van der Waals surface area contributed by atoms with E-state index in [1.807, 2.05) is 0 Å². The van der Waals surface area contributed by atoms with Crippen LogP contribution in [0.2, 0.25) is 10.0 Å². The Balaban J connectivity index is 2.91. The molecule has 0 aliphatic rings. The van der Waals surface area contributed by atoms with Gasteiger partial charge >= 0.3 is 6.61 Å². The number of carbonyl (C=O) groups is 1. The minimum Gasteiger partial charge on any atom is -0.432 e. The van der Waals surface area contributed by atoms with Gasteiger partial charge in [-0.15, -0.1) is 0 Å². The molecule has 3 N–H and O–H groups in total. The van der Waals surface area contributed by atoms with E-state index >= 15 is 0 Å². The monoisotopic (exact) mass is 326 g/mol. The fraction of sp³-hybridized carbons (Fsp3) is 0.417. The van der Waals surface area contributed by atoms with E-state index in [1.165, 1.54) is 12.1 Å². The van der Waals surface area contributed by atoms with Gasteiger partial charge in [-0.3, -0.25) is 4.79 Å². The van der Waals surface area contributed by atoms with Crippen molar-refractivity contribution in [3.8, 4) is 5.75 Å². The van der Waals surface area contributed by atoms with Crippen LogP contribution in [0.1, 0.15) is 13.8 Å². The maximum atomic E-state index is 12.2. The van der Waals surface area contributed by atoms with Gasteiger partial charge in [0.1, 0.15) is 0 Å². The molecule has 0 saturated heterocycles. The topological polar surface area (TPSA) is 64.4 Å². The Bertz CT molecular complexity index is 475. The van der Waals surface area contributed by atoms with Gasteiger partial charge < -0.3 is 15.8 Å². The molecule has 8 heteroatoms. The van der Waals surface area contributed by atoms with Crippen molar-refractivity contribution in [2.75, 3.05) is 5.32 Å². The highest BCUT2D eigenvalue weighted by Crippen LogP contribution is 2.37. The van der Waals surface area contributed by atoms with Gasteiger partial charge in [-0.1, -0.05) is 37.0 Å². The summed E-state index contributed by atoms with van der Waals surface area (Å²) >= 11 is 11.6. The van der Waals surface area contributed by atoms with Crippen LogP contribution in [0.4, 0.5) is 14.5 Å². The molecule has 0 bridgehead atoms. The van der Waals surface area contributed by atoms with Crippen molar-refractivity contribution in [2.24, 2.45) is 11.7 Å². The standard InChI is InChI=1S/C12H14Cl2F2N2O2/c1-5(2)9(17)11(19)18-6-3-7(13)10(8(14)4-6)20-12(15)16/h3-5,9,12H,17H2,1-2H3,(H,18,19)/t9-/m0/s1. The lowest BCUT2D eigenvalue weighted by Crippen LogP contribution is -2.39. The molecule has 0 saturated carbocycles. The quantitative estimate of drug-likeness (QED) is 0.870. The van der Waals surface area contributed by atoms with Crippen LogP contribution in [0.3, 0.4) is 0 Å². The highest BCUT2D eigenvalue weighted by atomic mass is 35.5. The summed E-state index contributed by atoms with van der Waals surface area (Å²) in [6.45, 7) is 0.549. The molecule has 1 aromatic rings. The van der Waals surface area contributed by atoms with Crippen LogP contribution in [0.5, 0.6) is 5.75 Å². The lowest BCUT2D eigenvalue weighted by Gasteiger charge is -2.16. The first-order chi connectivity index (χ1) is 9.22. The van der Waals surface area contributed by atoms with Crippen molar-refractivity contribution < 1.29 is 18.3 Å². The highest BCUT2D eigenvalue weighted by Gasteiger charge is 2.19. The molecule has 112 valence electrons. The van der Waals surface area contributed by atoms with E-state index in [1.54, 1.807) is 13.8 Å². The number of benzene rings is 1. The molecule has 0 radical (unpaired) electrons. The Morgan fingerprint density at radius 3 is 2.20 bits per heavy atom. The fourth-order valence-electron chi connectivity index (χ4n) is 1.36. The summed E-state index contributed by atoms with van der Waals surface area (Å²) in [7, 11) is 0. The minimum absolute atomic E-state index is 0.0533. The second-order valence-electron chi connectivity index (χ2n) is 4.41. The lowest BCUT2D eigenvalue weighted by molar-refractivity contribution is -0.118. The number of hydrogen-bond donors (Lipinski definition) is 2. The van der Waals surface area contributed by atoms with E-state index < -0.39 is 18.6 Å². The average molecular weight is 327 g/mol. The fourth-order valence-corrected chi connectivity index (χ4v) is 1.94. The Morgan fingerprint density at radius 1 is 1.30 bits per heavy atom. The summed E-state index contributed by atoms with van der Waals surface area (Å²) in [5.74, 6) is -0.813. The molecule has 1 aromatic carbocycles. The molecule has 0 unspecified atom stereocenters. The van der Waals surface area contributed by atoms with Gasteiger partial charge in [0.05, 0.1) is 16.1 Å². The second kappa shape index (κ2) is 7.06. The van der Waals surface area contributed by atoms with Crippen LogP contribution in [-0.4, -0.2) is 18.6 Å². The van der Waals surface area contributed by atoms with Crippen LogP contribution in [0.15, 0.2) is 12.1 Å². The van der Waals surface area contributed by atoms with Gasteiger partial charge in [-0.05, 0) is 18.1 Å². The predicted octanol–water partition coefficient (Wildman–Crippen LogP) is 3.52. The van der Waals surface area contributed by atoms with Crippen LogP contribution in [0.25, 0.3) is 0 Å². The largest absolute Gasteiger partial charge is 0.432 e. The summed E-state index contributed by atoms with van der Waals surface area (Å²) in [5.41, 5.74) is 5.93. The molecule has 1 rings (SSSR count). The van der Waals surface area contributed by atoms with Crippen molar-refractivity contribution in [3.05, 3.63) is 22.2 Å². The summed E-state index contributed by atoms with van der Waals surface area (Å²) in [5, 5.41) is 2.24. The third-order valence-corrected chi connectivity index (χ3v) is 3.06. The number of nitrogens with two attached hydrogens (primary N) is 1. The molecule has 0 aliphatic carbocycles. The Morgan fingerprint density at radius 2 is 1.80 bits per heavy atom. The van der Waals surface area contributed by atoms with Crippen LogP contribution in [-0.2, 0) is 4.79 Å². The van der Waals surface area contributed by atoms with E-state index in [0.29, 0.717) is 0 Å². The van der Waals surface area contributed by atoms with Gasteiger partial charge in [0.25, 0.3) is 0 Å². The number of ether oxygens (including phenoxy) is 1. The first-order valence-corrected chi connectivity index (χ1v) is 6.48. The van der Waals surface area contributed by atoms with Crippen LogP contribution < -0.4 is 15.8 Å². The summed E-state index contributed by atoms with van der Waals surface area (Å²) in [6.07, 6.45) is 0. The summed E-state index contributed by atoms with van der Waals surface area (Å²) in [6, 6.07) is 1.82. The SMILES string of the molecule is CC(C)[C@H](N)C(=O)Nc1cc(Cl)c(OC(F)F)c(Cl)c1. The zero-order valence-corrected chi connectivity index (χ0v) is 12.3. The molecule has 4 nitrogen and oxygen atoms in total. The summed E-state index contributed by atoms with van der Waals surface area (Å²) in [4.78, 5) is 11.8. The Kier molecular flexibility index (Phi) is 5.98. The van der Waals surface area contributed by atoms with Gasteiger partial charge in [0, 0.05) is 5.69 Å². The average Bonchev–Trinajstić information content (AvgIpc) is 2.32. The smallest absolute Gasteiger partial charge is 0.387 e. The van der Waals surface area contributed by atoms with Crippen molar-refractivity contribution in [3.63, 3.8) is 0 Å². The number of rotatable bonds is 5. The van der Waals surface area contributed by atoms with Crippen molar-refractivity contribution >= 4 is 34.8 Å². The number of halogens is 4. The maximum Gasteiger partial charge on any atom is 0.387 e. The van der Waals surface area contributed by atoms with E-state index in [4.69, 9.17) is 28.9 Å². The van der Waals surface area contributed by atoms with Gasteiger partial charge in [0.15, 0.2) is 5.75 Å². The Hall–Kier alpha value is -1.11. The van der Waals surface area contributed by atoms with Crippen LogP contribution >= 0.6 is 23.2 Å². The molecule has 0 spiro atoms. The predicted molar refractivity (Wildman–Crippen MR) is 74.5 cm³/mol.